The molecule has 0 saturated carbocycles. The van der Waals surface area contributed by atoms with E-state index in [1.54, 1.807) is 0 Å². The molecular weight excluding hydrogens is 775 g/mol. The lowest BCUT2D eigenvalue weighted by molar-refractivity contribution is 0.669. The van der Waals surface area contributed by atoms with Gasteiger partial charge in [-0.25, -0.2) is 0 Å². The number of benzene rings is 10. The minimum Gasteiger partial charge on any atom is -0.456 e. The van der Waals surface area contributed by atoms with Crippen molar-refractivity contribution >= 4 is 39.0 Å². The van der Waals surface area contributed by atoms with Crippen LogP contribution in [0.15, 0.2) is 241 Å². The van der Waals surface area contributed by atoms with E-state index >= 15 is 0 Å². The number of rotatable bonds is 5. The molecule has 1 heterocycles. The molecule has 14 rings (SSSR count). The number of furan rings is 1. The van der Waals surface area contributed by atoms with Crippen LogP contribution in [0.2, 0.25) is 0 Å². The van der Waals surface area contributed by atoms with Crippen molar-refractivity contribution in [1.82, 2.24) is 0 Å². The number of para-hydroxylation sites is 2. The zero-order valence-corrected chi connectivity index (χ0v) is 34.9. The molecule has 2 nitrogen and oxygen atoms in total. The first-order chi connectivity index (χ1) is 31.7. The van der Waals surface area contributed by atoms with Gasteiger partial charge in [-0.1, -0.05) is 188 Å². The summed E-state index contributed by atoms with van der Waals surface area (Å²) in [4.78, 5) is 2.39. The summed E-state index contributed by atoms with van der Waals surface area (Å²) in [5.74, 6) is 0. The average molecular weight is 814 g/mol. The largest absolute Gasteiger partial charge is 0.456 e. The summed E-state index contributed by atoms with van der Waals surface area (Å²) in [6, 6.07) is 87.8. The Morgan fingerprint density at radius 3 is 1.36 bits per heavy atom. The minimum atomic E-state index is -0.579. The average Bonchev–Trinajstić information content (AvgIpc) is 4.07. The molecule has 0 bridgehead atoms. The third-order valence-electron chi connectivity index (χ3n) is 14.6. The zero-order chi connectivity index (χ0) is 42.0. The summed E-state index contributed by atoms with van der Waals surface area (Å²) in [5.41, 5.74) is 22.0. The molecule has 64 heavy (non-hydrogen) atoms. The highest BCUT2D eigenvalue weighted by atomic mass is 16.3. The van der Waals surface area contributed by atoms with E-state index < -0.39 is 10.8 Å². The maximum Gasteiger partial charge on any atom is 0.137 e. The normalized spacial score (nSPS) is 14.2. The Bertz CT molecular complexity index is 3600. The van der Waals surface area contributed by atoms with Crippen LogP contribution in [0.1, 0.15) is 44.5 Å². The van der Waals surface area contributed by atoms with Crippen molar-refractivity contribution in [3.63, 3.8) is 0 Å². The number of hydrogen-bond acceptors (Lipinski definition) is 2. The summed E-state index contributed by atoms with van der Waals surface area (Å²) < 4.78 is 6.50. The van der Waals surface area contributed by atoms with Gasteiger partial charge in [-0.3, -0.25) is 0 Å². The molecule has 2 heteroatoms. The first-order valence-electron chi connectivity index (χ1n) is 22.3. The van der Waals surface area contributed by atoms with Crippen LogP contribution in [0.4, 0.5) is 17.1 Å². The van der Waals surface area contributed by atoms with Gasteiger partial charge in [-0.05, 0) is 120 Å². The van der Waals surface area contributed by atoms with E-state index in [4.69, 9.17) is 4.42 Å². The molecule has 0 saturated heterocycles. The molecule has 1 aromatic heterocycles. The lowest BCUT2D eigenvalue weighted by atomic mass is 9.65. The number of hydrogen-bond donors (Lipinski definition) is 0. The van der Waals surface area contributed by atoms with Crippen molar-refractivity contribution in [3.8, 4) is 33.4 Å². The van der Waals surface area contributed by atoms with Gasteiger partial charge >= 0.3 is 0 Å². The molecule has 0 radical (unpaired) electrons. The molecule has 0 fully saturated rings. The van der Waals surface area contributed by atoms with Crippen LogP contribution < -0.4 is 4.90 Å². The second-order valence-electron chi connectivity index (χ2n) is 17.5. The van der Waals surface area contributed by atoms with Crippen LogP contribution in [0, 0.1) is 0 Å². The molecule has 0 aliphatic heterocycles. The smallest absolute Gasteiger partial charge is 0.137 e. The SMILES string of the molecule is c1ccc(N(c2ccc3c(c2)C2(c4ccccc4-c4ccccc42)c2cc(C4(c5ccccc5)c5ccccc5-c5ccccc54)ccc2-3)c2ccc3c(c2)oc2ccccc23)cc1. The highest BCUT2D eigenvalue weighted by Crippen LogP contribution is 2.65. The van der Waals surface area contributed by atoms with E-state index in [0.29, 0.717) is 0 Å². The molecule has 11 aromatic rings. The minimum absolute atomic E-state index is 0.526. The molecule has 298 valence electrons. The monoisotopic (exact) mass is 813 g/mol. The number of nitrogens with zero attached hydrogens (tertiary/aromatic N) is 1. The Balaban J connectivity index is 1.05. The van der Waals surface area contributed by atoms with Gasteiger partial charge in [0.2, 0.25) is 0 Å². The van der Waals surface area contributed by atoms with Crippen LogP contribution in [0.25, 0.3) is 55.3 Å². The molecule has 3 aliphatic carbocycles. The second kappa shape index (κ2) is 13.2. The van der Waals surface area contributed by atoms with E-state index in [-0.39, 0.29) is 0 Å². The van der Waals surface area contributed by atoms with Crippen molar-refractivity contribution in [2.45, 2.75) is 10.8 Å². The maximum atomic E-state index is 6.50. The summed E-state index contributed by atoms with van der Waals surface area (Å²) in [6.45, 7) is 0. The Labute approximate surface area is 372 Å². The van der Waals surface area contributed by atoms with E-state index in [1.165, 1.54) is 77.9 Å². The summed E-state index contributed by atoms with van der Waals surface area (Å²) in [5, 5.41) is 2.25. The van der Waals surface area contributed by atoms with Crippen molar-refractivity contribution in [2.24, 2.45) is 0 Å². The first kappa shape index (κ1) is 35.4. The third kappa shape index (κ3) is 4.54. The first-order valence-corrected chi connectivity index (χ1v) is 22.3. The van der Waals surface area contributed by atoms with Crippen LogP contribution in [-0.4, -0.2) is 0 Å². The molecule has 3 aliphatic rings. The Morgan fingerprint density at radius 1 is 0.266 bits per heavy atom. The van der Waals surface area contributed by atoms with Crippen LogP contribution in [-0.2, 0) is 10.8 Å². The van der Waals surface area contributed by atoms with Gasteiger partial charge in [0, 0.05) is 33.9 Å². The molecule has 1 spiro atoms. The lowest BCUT2D eigenvalue weighted by Crippen LogP contribution is -2.30. The second-order valence-corrected chi connectivity index (χ2v) is 17.5. The van der Waals surface area contributed by atoms with Crippen LogP contribution >= 0.6 is 0 Å². The fourth-order valence-electron chi connectivity index (χ4n) is 12.1. The van der Waals surface area contributed by atoms with Crippen molar-refractivity contribution < 1.29 is 4.42 Å². The molecule has 10 aromatic carbocycles. The molecule has 0 atom stereocenters. The predicted molar refractivity (Wildman–Crippen MR) is 262 cm³/mol. The van der Waals surface area contributed by atoms with Crippen molar-refractivity contribution in [1.29, 1.82) is 0 Å². The van der Waals surface area contributed by atoms with E-state index in [9.17, 15) is 0 Å². The van der Waals surface area contributed by atoms with E-state index in [2.05, 4.69) is 235 Å². The van der Waals surface area contributed by atoms with Crippen molar-refractivity contribution in [3.05, 3.63) is 281 Å². The molecule has 0 N–H and O–H groups in total. The third-order valence-corrected chi connectivity index (χ3v) is 14.6. The molecular formula is C62H39NO. The van der Waals surface area contributed by atoms with Crippen molar-refractivity contribution in [2.75, 3.05) is 4.90 Å². The number of anilines is 3. The van der Waals surface area contributed by atoms with Gasteiger partial charge in [-0.15, -0.1) is 0 Å². The maximum absolute atomic E-state index is 6.50. The van der Waals surface area contributed by atoms with Gasteiger partial charge in [0.25, 0.3) is 0 Å². The van der Waals surface area contributed by atoms with E-state index in [0.717, 1.165) is 39.0 Å². The van der Waals surface area contributed by atoms with E-state index in [1.807, 2.05) is 6.07 Å². The summed E-state index contributed by atoms with van der Waals surface area (Å²) in [6.07, 6.45) is 0. The molecule has 0 unspecified atom stereocenters. The fourth-order valence-corrected chi connectivity index (χ4v) is 12.1. The van der Waals surface area contributed by atoms with Gasteiger partial charge in [0.15, 0.2) is 0 Å². The summed E-state index contributed by atoms with van der Waals surface area (Å²) >= 11 is 0. The van der Waals surface area contributed by atoms with Gasteiger partial charge in [-0.2, -0.15) is 0 Å². The zero-order valence-electron chi connectivity index (χ0n) is 34.9. The fraction of sp³-hybridized carbons (Fsp3) is 0.0323. The standard InChI is InChI=1S/C62H39NO/c1-3-17-40(18-4-1)61(53-26-12-7-21-45(53)46-22-8-13-27-54(46)61)41-31-34-49-50-35-32-43(38-58(50)62(57(49)37-41)55-28-14-9-23-47(55)48-24-10-15-29-56(48)62)63(42-19-5-2-6-20-42)44-33-36-52-51-25-11-16-30-59(51)64-60(52)39-44/h1-39H. The predicted octanol–water partition coefficient (Wildman–Crippen LogP) is 15.8. The van der Waals surface area contributed by atoms with Crippen LogP contribution in [0.3, 0.4) is 0 Å². The van der Waals surface area contributed by atoms with Gasteiger partial charge < -0.3 is 9.32 Å². The lowest BCUT2D eigenvalue weighted by Gasteiger charge is -2.36. The topological polar surface area (TPSA) is 16.4 Å². The quantitative estimate of drug-likeness (QED) is 0.172. The van der Waals surface area contributed by atoms with Gasteiger partial charge in [0.05, 0.1) is 10.8 Å². The number of fused-ring (bicyclic) bond motifs is 16. The Hall–Kier alpha value is -8.20. The Kier molecular flexibility index (Phi) is 7.28. The molecule has 0 amide bonds. The van der Waals surface area contributed by atoms with Gasteiger partial charge in [0.1, 0.15) is 11.2 Å². The highest BCUT2D eigenvalue weighted by molar-refractivity contribution is 6.06. The van der Waals surface area contributed by atoms with Crippen LogP contribution in [0.5, 0.6) is 0 Å². The Morgan fingerprint density at radius 2 is 0.719 bits per heavy atom. The summed E-state index contributed by atoms with van der Waals surface area (Å²) in [7, 11) is 0. The highest BCUT2D eigenvalue weighted by Gasteiger charge is 2.53.